The van der Waals surface area contributed by atoms with Crippen LogP contribution in [0.1, 0.15) is 12.5 Å². The van der Waals surface area contributed by atoms with E-state index in [1.54, 1.807) is 7.11 Å². The van der Waals surface area contributed by atoms with Gasteiger partial charge in [-0.1, -0.05) is 19.1 Å². The van der Waals surface area contributed by atoms with Gasteiger partial charge in [0, 0.05) is 19.3 Å². The Hall–Kier alpha value is -1.10. The minimum atomic E-state index is -0.507. The van der Waals surface area contributed by atoms with E-state index in [4.69, 9.17) is 9.47 Å². The van der Waals surface area contributed by atoms with Gasteiger partial charge in [-0.15, -0.1) is 0 Å². The number of aliphatic hydroxyl groups excluding tert-OH is 1. The van der Waals surface area contributed by atoms with Crippen LogP contribution < -0.4 is 5.32 Å². The molecule has 1 unspecified atom stereocenters. The zero-order valence-corrected chi connectivity index (χ0v) is 11.2. The molecule has 0 aliphatic carbocycles. The number of aryl methyl sites for hydroxylation is 1. The number of aliphatic hydroxyl groups is 1. The molecule has 0 saturated carbocycles. The molecule has 102 valence electrons. The van der Waals surface area contributed by atoms with Crippen LogP contribution in [0.5, 0.6) is 0 Å². The SMILES string of the molecule is CCc1cccc(NCC(O)COCCOC)c1. The zero-order valence-electron chi connectivity index (χ0n) is 11.2. The van der Waals surface area contributed by atoms with Gasteiger partial charge in [-0.25, -0.2) is 0 Å². The highest BCUT2D eigenvalue weighted by atomic mass is 16.5. The summed E-state index contributed by atoms with van der Waals surface area (Å²) < 4.78 is 10.1. The van der Waals surface area contributed by atoms with Gasteiger partial charge in [0.1, 0.15) is 0 Å². The number of ether oxygens (including phenoxy) is 2. The van der Waals surface area contributed by atoms with E-state index in [0.29, 0.717) is 26.4 Å². The van der Waals surface area contributed by atoms with Gasteiger partial charge in [-0.2, -0.15) is 0 Å². The van der Waals surface area contributed by atoms with Crippen LogP contribution in [0.3, 0.4) is 0 Å². The number of hydrogen-bond acceptors (Lipinski definition) is 4. The fourth-order valence-corrected chi connectivity index (χ4v) is 1.56. The summed E-state index contributed by atoms with van der Waals surface area (Å²) in [6.45, 7) is 4.00. The van der Waals surface area contributed by atoms with Crippen LogP contribution in [-0.4, -0.2) is 44.7 Å². The number of nitrogens with one attached hydrogen (secondary N) is 1. The average Bonchev–Trinajstić information content (AvgIpc) is 2.41. The van der Waals surface area contributed by atoms with Crippen molar-refractivity contribution in [3.63, 3.8) is 0 Å². The zero-order chi connectivity index (χ0) is 13.2. The van der Waals surface area contributed by atoms with Gasteiger partial charge in [0.15, 0.2) is 0 Å². The van der Waals surface area contributed by atoms with E-state index in [0.717, 1.165) is 12.1 Å². The molecule has 0 fully saturated rings. The van der Waals surface area contributed by atoms with Crippen LogP contribution in [0.2, 0.25) is 0 Å². The molecular formula is C14H23NO3. The van der Waals surface area contributed by atoms with Crippen LogP contribution in [-0.2, 0) is 15.9 Å². The first-order chi connectivity index (χ1) is 8.76. The molecule has 0 aliphatic heterocycles. The Kier molecular flexibility index (Phi) is 7.41. The normalized spacial score (nSPS) is 12.4. The molecule has 1 aromatic carbocycles. The lowest BCUT2D eigenvalue weighted by molar-refractivity contribution is 0.0182. The molecule has 0 saturated heterocycles. The maximum atomic E-state index is 9.71. The van der Waals surface area contributed by atoms with E-state index in [9.17, 15) is 5.11 Å². The molecule has 0 aliphatic rings. The van der Waals surface area contributed by atoms with E-state index in [1.807, 2.05) is 12.1 Å². The van der Waals surface area contributed by atoms with Crippen molar-refractivity contribution in [2.75, 3.05) is 38.8 Å². The first-order valence-corrected chi connectivity index (χ1v) is 6.33. The molecule has 4 heteroatoms. The number of anilines is 1. The lowest BCUT2D eigenvalue weighted by Crippen LogP contribution is -2.25. The molecule has 0 radical (unpaired) electrons. The van der Waals surface area contributed by atoms with Gasteiger partial charge < -0.3 is 19.9 Å². The largest absolute Gasteiger partial charge is 0.389 e. The van der Waals surface area contributed by atoms with E-state index in [2.05, 4.69) is 24.4 Å². The Bertz CT molecular complexity index is 331. The second-order valence-electron chi connectivity index (χ2n) is 4.16. The summed E-state index contributed by atoms with van der Waals surface area (Å²) in [7, 11) is 1.63. The highest BCUT2D eigenvalue weighted by Crippen LogP contribution is 2.10. The predicted octanol–water partition coefficient (Wildman–Crippen LogP) is 1.68. The summed E-state index contributed by atoms with van der Waals surface area (Å²) in [5, 5.41) is 12.9. The molecule has 0 heterocycles. The summed E-state index contributed by atoms with van der Waals surface area (Å²) in [6, 6.07) is 8.20. The molecular weight excluding hydrogens is 230 g/mol. The second kappa shape index (κ2) is 8.91. The van der Waals surface area contributed by atoms with Crippen molar-refractivity contribution in [2.45, 2.75) is 19.4 Å². The van der Waals surface area contributed by atoms with Gasteiger partial charge in [-0.3, -0.25) is 0 Å². The molecule has 1 atom stereocenters. The van der Waals surface area contributed by atoms with Crippen molar-refractivity contribution in [1.29, 1.82) is 0 Å². The Morgan fingerprint density at radius 3 is 2.89 bits per heavy atom. The van der Waals surface area contributed by atoms with Gasteiger partial charge in [0.25, 0.3) is 0 Å². The Morgan fingerprint density at radius 1 is 1.33 bits per heavy atom. The van der Waals surface area contributed by atoms with Crippen LogP contribution in [0.4, 0.5) is 5.69 Å². The molecule has 0 spiro atoms. The summed E-state index contributed by atoms with van der Waals surface area (Å²) in [4.78, 5) is 0. The molecule has 0 aromatic heterocycles. The fraction of sp³-hybridized carbons (Fsp3) is 0.571. The Morgan fingerprint density at radius 2 is 2.17 bits per heavy atom. The first kappa shape index (κ1) is 15.0. The second-order valence-corrected chi connectivity index (χ2v) is 4.16. The fourth-order valence-electron chi connectivity index (χ4n) is 1.56. The molecule has 4 nitrogen and oxygen atoms in total. The van der Waals surface area contributed by atoms with Gasteiger partial charge >= 0.3 is 0 Å². The first-order valence-electron chi connectivity index (χ1n) is 6.33. The smallest absolute Gasteiger partial charge is 0.0945 e. The number of methoxy groups -OCH3 is 1. The van der Waals surface area contributed by atoms with Gasteiger partial charge in [0.05, 0.1) is 25.9 Å². The topological polar surface area (TPSA) is 50.7 Å². The third-order valence-corrected chi connectivity index (χ3v) is 2.62. The lowest BCUT2D eigenvalue weighted by Gasteiger charge is -2.13. The summed E-state index contributed by atoms with van der Waals surface area (Å²) >= 11 is 0. The third kappa shape index (κ3) is 6.00. The summed E-state index contributed by atoms with van der Waals surface area (Å²) in [5.41, 5.74) is 2.32. The highest BCUT2D eigenvalue weighted by molar-refractivity contribution is 5.45. The van der Waals surface area contributed by atoms with Crippen molar-refractivity contribution >= 4 is 5.69 Å². The van der Waals surface area contributed by atoms with Crippen molar-refractivity contribution in [2.24, 2.45) is 0 Å². The van der Waals surface area contributed by atoms with Crippen LogP contribution in [0.25, 0.3) is 0 Å². The van der Waals surface area contributed by atoms with Gasteiger partial charge in [0.2, 0.25) is 0 Å². The predicted molar refractivity (Wildman–Crippen MR) is 73.0 cm³/mol. The van der Waals surface area contributed by atoms with Crippen LogP contribution >= 0.6 is 0 Å². The quantitative estimate of drug-likeness (QED) is 0.658. The molecule has 0 amide bonds. The van der Waals surface area contributed by atoms with E-state index < -0.39 is 6.10 Å². The van der Waals surface area contributed by atoms with Crippen LogP contribution in [0, 0.1) is 0 Å². The highest BCUT2D eigenvalue weighted by Gasteiger charge is 2.04. The van der Waals surface area contributed by atoms with Crippen molar-refractivity contribution < 1.29 is 14.6 Å². The maximum absolute atomic E-state index is 9.71. The summed E-state index contributed by atoms with van der Waals surface area (Å²) in [6.07, 6.45) is 0.505. The van der Waals surface area contributed by atoms with E-state index in [1.165, 1.54) is 5.56 Å². The average molecular weight is 253 g/mol. The number of hydrogen-bond donors (Lipinski definition) is 2. The minimum Gasteiger partial charge on any atom is -0.389 e. The number of benzene rings is 1. The maximum Gasteiger partial charge on any atom is 0.0945 e. The molecule has 1 aromatic rings. The Labute approximate surface area is 109 Å². The van der Waals surface area contributed by atoms with Crippen molar-refractivity contribution in [3.05, 3.63) is 29.8 Å². The van der Waals surface area contributed by atoms with Gasteiger partial charge in [-0.05, 0) is 24.1 Å². The minimum absolute atomic E-state index is 0.323. The Balaban J connectivity index is 2.22. The third-order valence-electron chi connectivity index (χ3n) is 2.62. The molecule has 1 rings (SSSR count). The van der Waals surface area contributed by atoms with Crippen LogP contribution in [0.15, 0.2) is 24.3 Å². The molecule has 0 bridgehead atoms. The monoisotopic (exact) mass is 253 g/mol. The standard InChI is InChI=1S/C14H23NO3/c1-3-12-5-4-6-13(9-12)15-10-14(16)11-18-8-7-17-2/h4-6,9,14-16H,3,7-8,10-11H2,1-2H3. The van der Waals surface area contributed by atoms with Crippen molar-refractivity contribution in [3.8, 4) is 0 Å². The summed E-state index contributed by atoms with van der Waals surface area (Å²) in [5.74, 6) is 0. The molecule has 18 heavy (non-hydrogen) atoms. The van der Waals surface area contributed by atoms with E-state index >= 15 is 0 Å². The lowest BCUT2D eigenvalue weighted by atomic mass is 10.1. The number of rotatable bonds is 9. The molecule has 2 N–H and O–H groups in total. The van der Waals surface area contributed by atoms with E-state index in [-0.39, 0.29) is 0 Å². The van der Waals surface area contributed by atoms with Crippen molar-refractivity contribution in [1.82, 2.24) is 0 Å².